The molecule has 1 aromatic heterocycles. The van der Waals surface area contributed by atoms with Gasteiger partial charge in [-0.05, 0) is 35.2 Å². The average Bonchev–Trinajstić information content (AvgIpc) is 2.74. The molecule has 2 heterocycles. The number of carbonyl (C=O) groups is 1. The molecule has 1 saturated heterocycles. The lowest BCUT2D eigenvalue weighted by atomic mass is 9.94. The van der Waals surface area contributed by atoms with E-state index < -0.39 is 23.5 Å². The van der Waals surface area contributed by atoms with Crippen molar-refractivity contribution in [1.82, 2.24) is 9.97 Å². The smallest absolute Gasteiger partial charge is 0.369 e. The zero-order valence-corrected chi connectivity index (χ0v) is 17.4. The average molecular weight is 459 g/mol. The number of nitrogens with two attached hydrogens (primary N) is 1. The van der Waals surface area contributed by atoms with Crippen molar-refractivity contribution >= 4 is 17.5 Å². The highest BCUT2D eigenvalue weighted by Gasteiger charge is 2.35. The van der Waals surface area contributed by atoms with Gasteiger partial charge in [-0.15, -0.1) is 0 Å². The minimum Gasteiger partial charge on any atom is -0.369 e. The van der Waals surface area contributed by atoms with Crippen LogP contribution in [0.15, 0.2) is 54.9 Å². The molecule has 0 aliphatic carbocycles. The van der Waals surface area contributed by atoms with Crippen LogP contribution in [0.5, 0.6) is 0 Å². The third-order valence-electron chi connectivity index (χ3n) is 5.55. The molecule has 1 amide bonds. The lowest BCUT2D eigenvalue weighted by Crippen LogP contribution is -2.42. The second kappa shape index (κ2) is 9.05. The monoisotopic (exact) mass is 459 g/mol. The number of halogens is 4. The third kappa shape index (κ3) is 5.05. The van der Waals surface area contributed by atoms with E-state index in [4.69, 9.17) is 5.73 Å². The van der Waals surface area contributed by atoms with Gasteiger partial charge in [0.1, 0.15) is 6.33 Å². The topological polar surface area (TPSA) is 84.1 Å². The number of nitrogens with zero attached hydrogens (tertiary/aromatic N) is 3. The third-order valence-corrected chi connectivity index (χ3v) is 5.55. The number of nitrogens with one attached hydrogen (secondary N) is 1. The first-order chi connectivity index (χ1) is 15.7. The van der Waals surface area contributed by atoms with Crippen LogP contribution in [0.3, 0.4) is 0 Å². The first-order valence-corrected chi connectivity index (χ1v) is 10.3. The number of rotatable bonds is 7. The van der Waals surface area contributed by atoms with Gasteiger partial charge in [0.25, 0.3) is 0 Å². The van der Waals surface area contributed by atoms with E-state index >= 15 is 4.39 Å². The Labute approximate surface area is 187 Å². The van der Waals surface area contributed by atoms with Crippen LogP contribution in [0.1, 0.15) is 34.7 Å². The standard InChI is InChI=1S/C23H21F4N5O/c24-20-21(29-12-15-3-1-14(2-4-15)11-19(28)33)30-13-31-22(20)32-10-9-18(32)16-5-7-17(8-6-16)23(25,26)27/h1-8,13,18H,9-12H2,(H2,28,33)(H,29,30,31). The fourth-order valence-electron chi connectivity index (χ4n) is 3.73. The lowest BCUT2D eigenvalue weighted by molar-refractivity contribution is -0.137. The van der Waals surface area contributed by atoms with Gasteiger partial charge in [-0.1, -0.05) is 36.4 Å². The second-order valence-corrected chi connectivity index (χ2v) is 7.79. The van der Waals surface area contributed by atoms with Gasteiger partial charge in [-0.2, -0.15) is 17.6 Å². The minimum atomic E-state index is -4.40. The van der Waals surface area contributed by atoms with Gasteiger partial charge in [0.2, 0.25) is 11.7 Å². The summed E-state index contributed by atoms with van der Waals surface area (Å²) in [5.41, 5.74) is 6.77. The van der Waals surface area contributed by atoms with Crippen molar-refractivity contribution < 1.29 is 22.4 Å². The van der Waals surface area contributed by atoms with Crippen molar-refractivity contribution in [3.8, 4) is 0 Å². The van der Waals surface area contributed by atoms with Crippen molar-refractivity contribution in [1.29, 1.82) is 0 Å². The molecule has 6 nitrogen and oxygen atoms in total. The van der Waals surface area contributed by atoms with Crippen LogP contribution in [0, 0.1) is 5.82 Å². The molecule has 1 aliphatic rings. The van der Waals surface area contributed by atoms with Crippen molar-refractivity contribution in [3.63, 3.8) is 0 Å². The van der Waals surface area contributed by atoms with Gasteiger partial charge in [0.15, 0.2) is 11.6 Å². The molecule has 3 N–H and O–H groups in total. The van der Waals surface area contributed by atoms with Crippen LogP contribution in [-0.2, 0) is 23.9 Å². The number of carbonyl (C=O) groups excluding carboxylic acids is 1. The molecule has 172 valence electrons. The zero-order chi connectivity index (χ0) is 23.6. The van der Waals surface area contributed by atoms with Crippen LogP contribution in [0.25, 0.3) is 0 Å². The van der Waals surface area contributed by atoms with Crippen molar-refractivity contribution in [2.45, 2.75) is 31.6 Å². The Bertz CT molecular complexity index is 1130. The molecule has 33 heavy (non-hydrogen) atoms. The Morgan fingerprint density at radius 1 is 1.06 bits per heavy atom. The molecule has 2 aromatic carbocycles. The molecule has 1 atom stereocenters. The number of hydrogen-bond acceptors (Lipinski definition) is 5. The molecule has 1 fully saturated rings. The van der Waals surface area contributed by atoms with Crippen LogP contribution < -0.4 is 16.0 Å². The molecular weight excluding hydrogens is 438 g/mol. The maximum atomic E-state index is 15.1. The zero-order valence-electron chi connectivity index (χ0n) is 17.4. The molecule has 1 unspecified atom stereocenters. The summed E-state index contributed by atoms with van der Waals surface area (Å²) in [6.07, 6.45) is -2.33. The summed E-state index contributed by atoms with van der Waals surface area (Å²) in [5.74, 6) is -0.920. The van der Waals surface area contributed by atoms with E-state index in [1.165, 1.54) is 18.5 Å². The van der Waals surface area contributed by atoms with E-state index in [0.29, 0.717) is 25.1 Å². The fourth-order valence-corrected chi connectivity index (χ4v) is 3.73. The molecule has 0 spiro atoms. The van der Waals surface area contributed by atoms with Gasteiger partial charge in [-0.25, -0.2) is 9.97 Å². The van der Waals surface area contributed by atoms with Gasteiger partial charge in [0.05, 0.1) is 18.0 Å². The Morgan fingerprint density at radius 2 is 1.73 bits per heavy atom. The highest BCUT2D eigenvalue weighted by Crippen LogP contribution is 2.39. The number of hydrogen-bond donors (Lipinski definition) is 2. The van der Waals surface area contributed by atoms with Crippen LogP contribution in [0.4, 0.5) is 29.2 Å². The Kier molecular flexibility index (Phi) is 6.17. The van der Waals surface area contributed by atoms with E-state index in [2.05, 4.69) is 15.3 Å². The summed E-state index contributed by atoms with van der Waals surface area (Å²) in [4.78, 5) is 20.7. The van der Waals surface area contributed by atoms with Gasteiger partial charge in [0, 0.05) is 13.1 Å². The van der Waals surface area contributed by atoms with Crippen LogP contribution in [-0.4, -0.2) is 22.4 Å². The molecule has 1 aliphatic heterocycles. The molecule has 0 bridgehead atoms. The molecule has 4 rings (SSSR count). The Morgan fingerprint density at radius 3 is 2.30 bits per heavy atom. The Balaban J connectivity index is 1.45. The summed E-state index contributed by atoms with van der Waals surface area (Å²) in [6.45, 7) is 0.826. The highest BCUT2D eigenvalue weighted by atomic mass is 19.4. The maximum Gasteiger partial charge on any atom is 0.416 e. The molecule has 3 aromatic rings. The summed E-state index contributed by atoms with van der Waals surface area (Å²) in [7, 11) is 0. The largest absolute Gasteiger partial charge is 0.416 e. The van der Waals surface area contributed by atoms with Crippen molar-refractivity contribution in [3.05, 3.63) is 82.9 Å². The van der Waals surface area contributed by atoms with E-state index in [-0.39, 0.29) is 24.1 Å². The fraction of sp³-hybridized carbons (Fsp3) is 0.261. The molecule has 0 saturated carbocycles. The van der Waals surface area contributed by atoms with E-state index in [9.17, 15) is 18.0 Å². The van der Waals surface area contributed by atoms with E-state index in [1.807, 2.05) is 0 Å². The van der Waals surface area contributed by atoms with Crippen molar-refractivity contribution in [2.24, 2.45) is 5.73 Å². The number of anilines is 2. The number of alkyl halides is 3. The van der Waals surface area contributed by atoms with E-state index in [1.54, 1.807) is 29.2 Å². The first kappa shape index (κ1) is 22.5. The number of aromatic nitrogens is 2. The van der Waals surface area contributed by atoms with Crippen LogP contribution in [0.2, 0.25) is 0 Å². The van der Waals surface area contributed by atoms with Crippen LogP contribution >= 0.6 is 0 Å². The molecule has 10 heteroatoms. The molecule has 0 radical (unpaired) electrons. The van der Waals surface area contributed by atoms with Gasteiger partial charge < -0.3 is 16.0 Å². The summed E-state index contributed by atoms with van der Waals surface area (Å²) >= 11 is 0. The SMILES string of the molecule is NC(=O)Cc1ccc(CNc2ncnc(N3CCC3c3ccc(C(F)(F)F)cc3)c2F)cc1. The quantitative estimate of drug-likeness (QED) is 0.517. The lowest BCUT2D eigenvalue weighted by Gasteiger charge is -2.42. The first-order valence-electron chi connectivity index (χ1n) is 10.3. The maximum absolute atomic E-state index is 15.1. The summed E-state index contributed by atoms with van der Waals surface area (Å²) in [5, 5.41) is 2.94. The van der Waals surface area contributed by atoms with Gasteiger partial charge in [-0.3, -0.25) is 4.79 Å². The van der Waals surface area contributed by atoms with Crippen molar-refractivity contribution in [2.75, 3.05) is 16.8 Å². The molecular formula is C23H21F4N5O. The normalized spacial score (nSPS) is 15.8. The second-order valence-electron chi connectivity index (χ2n) is 7.79. The Hall–Kier alpha value is -3.69. The number of amides is 1. The summed E-state index contributed by atoms with van der Waals surface area (Å²) < 4.78 is 53.6. The van der Waals surface area contributed by atoms with Gasteiger partial charge >= 0.3 is 6.18 Å². The predicted octanol–water partition coefficient (Wildman–Crippen LogP) is 4.23. The van der Waals surface area contributed by atoms with E-state index in [0.717, 1.165) is 23.3 Å². The number of primary amides is 1. The number of benzene rings is 2. The minimum absolute atomic E-state index is 0.0271. The summed E-state index contributed by atoms with van der Waals surface area (Å²) in [6, 6.07) is 11.8. The predicted molar refractivity (Wildman–Crippen MR) is 115 cm³/mol. The highest BCUT2D eigenvalue weighted by molar-refractivity contribution is 5.76.